The summed E-state index contributed by atoms with van der Waals surface area (Å²) in [6.07, 6.45) is 5.98. The summed E-state index contributed by atoms with van der Waals surface area (Å²) in [5.41, 5.74) is 2.00. The van der Waals surface area contributed by atoms with Crippen LogP contribution < -0.4 is 0 Å². The molecular formula is C21H26N2O2. The maximum atomic E-state index is 12.6. The van der Waals surface area contributed by atoms with E-state index in [-0.39, 0.29) is 6.09 Å². The number of hydrogen-bond donors (Lipinski definition) is 0. The third-order valence-corrected chi connectivity index (χ3v) is 5.46. The number of carbonyl (C=O) groups excluding carboxylic acids is 1. The van der Waals surface area contributed by atoms with Crippen molar-refractivity contribution in [3.63, 3.8) is 0 Å². The number of piperidine rings is 1. The molecule has 2 fully saturated rings. The van der Waals surface area contributed by atoms with Gasteiger partial charge >= 0.3 is 6.09 Å². The van der Waals surface area contributed by atoms with Crippen LogP contribution >= 0.6 is 0 Å². The molecule has 2 unspecified atom stereocenters. The molecule has 2 aliphatic heterocycles. The predicted octanol–water partition coefficient (Wildman–Crippen LogP) is 4.88. The van der Waals surface area contributed by atoms with Crippen LogP contribution in [0.15, 0.2) is 36.5 Å². The Morgan fingerprint density at radius 2 is 1.80 bits per heavy atom. The zero-order chi connectivity index (χ0) is 17.6. The summed E-state index contributed by atoms with van der Waals surface area (Å²) in [7, 11) is 0. The van der Waals surface area contributed by atoms with E-state index in [1.807, 2.05) is 37.9 Å². The third kappa shape index (κ3) is 3.10. The van der Waals surface area contributed by atoms with Crippen LogP contribution in [-0.2, 0) is 4.74 Å². The van der Waals surface area contributed by atoms with Crippen molar-refractivity contribution in [2.75, 3.05) is 0 Å². The van der Waals surface area contributed by atoms with E-state index in [1.165, 1.54) is 10.9 Å². The first-order valence-corrected chi connectivity index (χ1v) is 9.27. The molecule has 2 aliphatic rings. The summed E-state index contributed by atoms with van der Waals surface area (Å²) in [6, 6.07) is 11.1. The predicted molar refractivity (Wildman–Crippen MR) is 98.6 cm³/mol. The van der Waals surface area contributed by atoms with Crippen molar-refractivity contribution in [1.82, 2.24) is 9.88 Å². The second-order valence-corrected chi connectivity index (χ2v) is 8.36. The smallest absolute Gasteiger partial charge is 0.410 e. The van der Waals surface area contributed by atoms with Crippen LogP contribution in [0.2, 0.25) is 0 Å². The van der Waals surface area contributed by atoms with Crippen molar-refractivity contribution in [2.45, 2.75) is 70.1 Å². The largest absolute Gasteiger partial charge is 0.444 e. The van der Waals surface area contributed by atoms with Crippen LogP contribution in [0.4, 0.5) is 4.79 Å². The highest BCUT2D eigenvalue weighted by atomic mass is 16.6. The molecule has 4 nitrogen and oxygen atoms in total. The Kier molecular flexibility index (Phi) is 3.94. The minimum absolute atomic E-state index is 0.141. The summed E-state index contributed by atoms with van der Waals surface area (Å²) in [5.74, 6) is 0.490. The van der Waals surface area contributed by atoms with Gasteiger partial charge in [-0.15, -0.1) is 0 Å². The summed E-state index contributed by atoms with van der Waals surface area (Å²) in [6.45, 7) is 5.80. The van der Waals surface area contributed by atoms with Crippen LogP contribution in [0.5, 0.6) is 0 Å². The number of nitrogens with zero attached hydrogens (tertiary/aromatic N) is 2. The van der Waals surface area contributed by atoms with Crippen molar-refractivity contribution in [3.05, 3.63) is 42.1 Å². The van der Waals surface area contributed by atoms with Gasteiger partial charge in [0.25, 0.3) is 0 Å². The first kappa shape index (κ1) is 16.4. The Morgan fingerprint density at radius 1 is 1.12 bits per heavy atom. The summed E-state index contributed by atoms with van der Waals surface area (Å²) in [5, 5.41) is 1.25. The van der Waals surface area contributed by atoms with E-state index < -0.39 is 5.60 Å². The van der Waals surface area contributed by atoms with Crippen molar-refractivity contribution < 1.29 is 9.53 Å². The molecule has 2 aromatic rings. The van der Waals surface area contributed by atoms with Crippen LogP contribution in [0.3, 0.4) is 0 Å². The van der Waals surface area contributed by atoms with E-state index in [9.17, 15) is 4.79 Å². The molecule has 2 saturated heterocycles. The molecule has 4 rings (SSSR count). The molecule has 0 aliphatic carbocycles. The molecule has 1 aromatic heterocycles. The lowest BCUT2D eigenvalue weighted by molar-refractivity contribution is 0.00589. The van der Waals surface area contributed by atoms with Gasteiger partial charge in [0.2, 0.25) is 0 Å². The molecule has 0 spiro atoms. The number of pyridine rings is 1. The van der Waals surface area contributed by atoms with Gasteiger partial charge in [0.05, 0.1) is 5.52 Å². The fraction of sp³-hybridized carbons (Fsp3) is 0.524. The minimum atomic E-state index is -0.436. The number of carbonyl (C=O) groups is 1. The lowest BCUT2D eigenvalue weighted by atomic mass is 9.84. The number of aromatic nitrogens is 1. The van der Waals surface area contributed by atoms with Crippen LogP contribution in [0, 0.1) is 0 Å². The van der Waals surface area contributed by atoms with Crippen molar-refractivity contribution in [3.8, 4) is 0 Å². The van der Waals surface area contributed by atoms with E-state index >= 15 is 0 Å². The zero-order valence-electron chi connectivity index (χ0n) is 15.2. The first-order chi connectivity index (χ1) is 11.9. The Morgan fingerprint density at radius 3 is 2.48 bits per heavy atom. The van der Waals surface area contributed by atoms with Crippen molar-refractivity contribution in [1.29, 1.82) is 0 Å². The number of rotatable bonds is 1. The number of amides is 1. The molecule has 132 valence electrons. The second kappa shape index (κ2) is 6.01. The average Bonchev–Trinajstić information content (AvgIpc) is 2.83. The monoisotopic (exact) mass is 338 g/mol. The molecular weight excluding hydrogens is 312 g/mol. The highest BCUT2D eigenvalue weighted by Crippen LogP contribution is 2.44. The van der Waals surface area contributed by atoms with Gasteiger partial charge in [-0.1, -0.05) is 18.2 Å². The normalized spacial score (nSPS) is 26.0. The van der Waals surface area contributed by atoms with Gasteiger partial charge in [0.1, 0.15) is 5.60 Å². The lowest BCUT2D eigenvalue weighted by Crippen LogP contribution is -2.48. The van der Waals surface area contributed by atoms with Gasteiger partial charge in [-0.2, -0.15) is 0 Å². The zero-order valence-corrected chi connectivity index (χ0v) is 15.2. The molecule has 0 radical (unpaired) electrons. The van der Waals surface area contributed by atoms with Crippen LogP contribution in [0.25, 0.3) is 10.9 Å². The Balaban J connectivity index is 1.58. The molecule has 3 heterocycles. The number of hydrogen-bond acceptors (Lipinski definition) is 3. The molecule has 2 bridgehead atoms. The SMILES string of the molecule is CC(C)(C)OC(=O)N1C2CCC1CC(c1ccnc3ccccc13)C2. The summed E-state index contributed by atoms with van der Waals surface area (Å²) in [4.78, 5) is 19.1. The maximum Gasteiger partial charge on any atom is 0.410 e. The summed E-state index contributed by atoms with van der Waals surface area (Å²) < 4.78 is 5.65. The maximum absolute atomic E-state index is 12.6. The standard InChI is InChI=1S/C21H26N2O2/c1-21(2,3)25-20(24)23-15-8-9-16(23)13-14(12-15)17-10-11-22-19-7-5-4-6-18(17)19/h4-7,10-11,14-16H,8-9,12-13H2,1-3H3. The van der Waals surface area contributed by atoms with Gasteiger partial charge in [0.15, 0.2) is 0 Å². The molecule has 25 heavy (non-hydrogen) atoms. The molecule has 1 amide bonds. The fourth-order valence-corrected chi connectivity index (χ4v) is 4.52. The molecule has 2 atom stereocenters. The van der Waals surface area contributed by atoms with Gasteiger partial charge in [-0.3, -0.25) is 4.98 Å². The highest BCUT2D eigenvalue weighted by molar-refractivity contribution is 5.82. The second-order valence-electron chi connectivity index (χ2n) is 8.36. The Labute approximate surface area is 149 Å². The molecule has 0 saturated carbocycles. The number of benzene rings is 1. The Hall–Kier alpha value is -2.10. The topological polar surface area (TPSA) is 42.4 Å². The van der Waals surface area contributed by atoms with Crippen LogP contribution in [-0.4, -0.2) is 33.7 Å². The van der Waals surface area contributed by atoms with E-state index in [0.29, 0.717) is 18.0 Å². The summed E-state index contributed by atoms with van der Waals surface area (Å²) >= 11 is 0. The van der Waals surface area contributed by atoms with Crippen LogP contribution in [0.1, 0.15) is 57.9 Å². The quantitative estimate of drug-likeness (QED) is 0.744. The lowest BCUT2D eigenvalue weighted by Gasteiger charge is -2.39. The molecule has 0 N–H and O–H groups in total. The number of para-hydroxylation sites is 1. The van der Waals surface area contributed by atoms with E-state index in [4.69, 9.17) is 4.74 Å². The number of fused-ring (bicyclic) bond motifs is 3. The van der Waals surface area contributed by atoms with E-state index in [2.05, 4.69) is 29.2 Å². The van der Waals surface area contributed by atoms with Gasteiger partial charge in [-0.25, -0.2) is 4.79 Å². The molecule has 1 aromatic carbocycles. The van der Waals surface area contributed by atoms with Gasteiger partial charge in [0, 0.05) is 23.7 Å². The van der Waals surface area contributed by atoms with Crippen molar-refractivity contribution in [2.24, 2.45) is 0 Å². The fourth-order valence-electron chi connectivity index (χ4n) is 4.52. The van der Waals surface area contributed by atoms with Gasteiger partial charge < -0.3 is 9.64 Å². The minimum Gasteiger partial charge on any atom is -0.444 e. The Bertz CT molecular complexity index is 777. The highest BCUT2D eigenvalue weighted by Gasteiger charge is 2.45. The van der Waals surface area contributed by atoms with Gasteiger partial charge in [-0.05, 0) is 70.1 Å². The number of ether oxygens (including phenoxy) is 1. The third-order valence-electron chi connectivity index (χ3n) is 5.46. The van der Waals surface area contributed by atoms with E-state index in [0.717, 1.165) is 31.2 Å². The molecule has 4 heteroatoms. The van der Waals surface area contributed by atoms with E-state index in [1.54, 1.807) is 0 Å². The first-order valence-electron chi connectivity index (χ1n) is 9.27. The average molecular weight is 338 g/mol. The van der Waals surface area contributed by atoms with Crippen molar-refractivity contribution >= 4 is 17.0 Å².